The second-order valence-electron chi connectivity index (χ2n) is 6.04. The van der Waals surface area contributed by atoms with E-state index in [1.54, 1.807) is 4.52 Å². The maximum Gasteiger partial charge on any atom is 0.262 e. The molecule has 2 aromatic carbocycles. The maximum absolute atomic E-state index is 12.3. The van der Waals surface area contributed by atoms with Crippen molar-refractivity contribution in [3.8, 4) is 16.3 Å². The Morgan fingerprint density at radius 3 is 2.67 bits per heavy atom. The number of benzene rings is 2. The van der Waals surface area contributed by atoms with E-state index in [2.05, 4.69) is 20.6 Å². The Labute approximate surface area is 159 Å². The predicted octanol–water partition coefficient (Wildman–Crippen LogP) is 3.49. The molecule has 1 amide bonds. The molecule has 0 saturated heterocycles. The van der Waals surface area contributed by atoms with E-state index in [-0.39, 0.29) is 12.5 Å². The van der Waals surface area contributed by atoms with Gasteiger partial charge in [-0.25, -0.2) is 0 Å². The highest BCUT2D eigenvalue weighted by atomic mass is 32.1. The highest BCUT2D eigenvalue weighted by Gasteiger charge is 2.15. The number of carbonyl (C=O) groups is 1. The lowest BCUT2D eigenvalue weighted by atomic mass is 10.2. The molecule has 0 bridgehead atoms. The Hall–Kier alpha value is -3.26. The van der Waals surface area contributed by atoms with Crippen LogP contribution in [0.5, 0.6) is 5.75 Å². The molecule has 0 fully saturated rings. The number of amides is 1. The van der Waals surface area contributed by atoms with Crippen LogP contribution >= 0.6 is 11.3 Å². The summed E-state index contributed by atoms with van der Waals surface area (Å²) in [6, 6.07) is 15.1. The lowest BCUT2D eigenvalue weighted by Crippen LogP contribution is -2.20. The van der Waals surface area contributed by atoms with Crippen LogP contribution in [0.3, 0.4) is 0 Å². The van der Waals surface area contributed by atoms with E-state index >= 15 is 0 Å². The minimum absolute atomic E-state index is 0.0678. The van der Waals surface area contributed by atoms with E-state index < -0.39 is 0 Å². The molecule has 0 aliphatic carbocycles. The molecule has 2 heterocycles. The fourth-order valence-electron chi connectivity index (χ4n) is 2.57. The van der Waals surface area contributed by atoms with E-state index in [9.17, 15) is 4.79 Å². The van der Waals surface area contributed by atoms with Gasteiger partial charge in [0.15, 0.2) is 12.4 Å². The number of para-hydroxylation sites is 1. The average Bonchev–Trinajstić information content (AvgIpc) is 3.24. The van der Waals surface area contributed by atoms with Gasteiger partial charge in [-0.15, -0.1) is 10.2 Å². The van der Waals surface area contributed by atoms with Crippen molar-refractivity contribution < 1.29 is 9.53 Å². The summed E-state index contributed by atoms with van der Waals surface area (Å²) in [6.45, 7) is 3.78. The van der Waals surface area contributed by atoms with Crippen LogP contribution in [0, 0.1) is 13.8 Å². The van der Waals surface area contributed by atoms with Crippen molar-refractivity contribution in [1.82, 2.24) is 19.8 Å². The van der Waals surface area contributed by atoms with Gasteiger partial charge in [0.2, 0.25) is 4.96 Å². The standard InChI is InChI=1S/C19H17N5O2S/c1-12-7-9-14(10-8-12)26-11-17(25)20-16-6-4-3-5-15(16)18-23-24-13(2)21-22-19(24)27-18/h3-10H,11H2,1-2H3,(H,20,25). The molecule has 8 heteroatoms. The van der Waals surface area contributed by atoms with Gasteiger partial charge < -0.3 is 10.1 Å². The Morgan fingerprint density at radius 1 is 1.11 bits per heavy atom. The largest absolute Gasteiger partial charge is 0.484 e. The molecule has 0 aliphatic heterocycles. The third-order valence-corrected chi connectivity index (χ3v) is 4.90. The third-order valence-electron chi connectivity index (χ3n) is 3.97. The Bertz CT molecular complexity index is 1100. The van der Waals surface area contributed by atoms with E-state index in [1.165, 1.54) is 11.3 Å². The number of anilines is 1. The summed E-state index contributed by atoms with van der Waals surface area (Å²) in [5.41, 5.74) is 2.65. The van der Waals surface area contributed by atoms with Crippen molar-refractivity contribution in [2.75, 3.05) is 11.9 Å². The van der Waals surface area contributed by atoms with Gasteiger partial charge in [-0.3, -0.25) is 4.79 Å². The van der Waals surface area contributed by atoms with Crippen molar-refractivity contribution in [3.63, 3.8) is 0 Å². The molecule has 27 heavy (non-hydrogen) atoms. The number of nitrogens with zero attached hydrogens (tertiary/aromatic N) is 4. The van der Waals surface area contributed by atoms with Crippen LogP contribution in [0.2, 0.25) is 0 Å². The molecule has 4 aromatic rings. The van der Waals surface area contributed by atoms with Crippen LogP contribution in [-0.2, 0) is 4.79 Å². The minimum atomic E-state index is -0.234. The summed E-state index contributed by atoms with van der Waals surface area (Å²) in [7, 11) is 0. The SMILES string of the molecule is Cc1ccc(OCC(=O)Nc2ccccc2-c2nn3c(C)nnc3s2)cc1. The summed E-state index contributed by atoms with van der Waals surface area (Å²) in [5.74, 6) is 1.15. The first kappa shape index (κ1) is 17.2. The van der Waals surface area contributed by atoms with E-state index in [1.807, 2.05) is 62.4 Å². The number of hydrogen-bond donors (Lipinski definition) is 1. The predicted molar refractivity (Wildman–Crippen MR) is 104 cm³/mol. The second-order valence-corrected chi connectivity index (χ2v) is 7.00. The number of nitrogens with one attached hydrogen (secondary N) is 1. The Kier molecular flexibility index (Phi) is 4.55. The molecule has 0 saturated carbocycles. The topological polar surface area (TPSA) is 81.4 Å². The molecule has 2 aromatic heterocycles. The number of rotatable bonds is 5. The zero-order valence-electron chi connectivity index (χ0n) is 14.8. The number of ether oxygens (including phenoxy) is 1. The van der Waals surface area contributed by atoms with Crippen LogP contribution in [0.4, 0.5) is 5.69 Å². The first-order chi connectivity index (χ1) is 13.1. The molecule has 0 aliphatic rings. The maximum atomic E-state index is 12.3. The van der Waals surface area contributed by atoms with Gasteiger partial charge >= 0.3 is 0 Å². The van der Waals surface area contributed by atoms with Crippen LogP contribution in [0.1, 0.15) is 11.4 Å². The van der Waals surface area contributed by atoms with Crippen molar-refractivity contribution >= 4 is 27.9 Å². The highest BCUT2D eigenvalue weighted by Crippen LogP contribution is 2.31. The van der Waals surface area contributed by atoms with Crippen molar-refractivity contribution in [3.05, 3.63) is 59.9 Å². The minimum Gasteiger partial charge on any atom is -0.484 e. The smallest absolute Gasteiger partial charge is 0.262 e. The number of fused-ring (bicyclic) bond motifs is 1. The van der Waals surface area contributed by atoms with Gasteiger partial charge in [-0.2, -0.15) is 9.61 Å². The zero-order chi connectivity index (χ0) is 18.8. The average molecular weight is 379 g/mol. The highest BCUT2D eigenvalue weighted by molar-refractivity contribution is 7.19. The quantitative estimate of drug-likeness (QED) is 0.574. The van der Waals surface area contributed by atoms with Gasteiger partial charge in [0.25, 0.3) is 5.91 Å². The fraction of sp³-hybridized carbons (Fsp3) is 0.158. The summed E-state index contributed by atoms with van der Waals surface area (Å²) in [4.78, 5) is 13.0. The summed E-state index contributed by atoms with van der Waals surface area (Å²) in [6.07, 6.45) is 0. The monoisotopic (exact) mass is 379 g/mol. The van der Waals surface area contributed by atoms with Crippen LogP contribution in [0.15, 0.2) is 48.5 Å². The van der Waals surface area contributed by atoms with Gasteiger partial charge in [-0.1, -0.05) is 41.2 Å². The van der Waals surface area contributed by atoms with Crippen LogP contribution < -0.4 is 10.1 Å². The molecule has 1 N–H and O–H groups in total. The van der Waals surface area contributed by atoms with Gasteiger partial charge in [0.05, 0.1) is 5.69 Å². The number of aromatic nitrogens is 4. The van der Waals surface area contributed by atoms with Crippen molar-refractivity contribution in [2.24, 2.45) is 0 Å². The Balaban J connectivity index is 1.50. The van der Waals surface area contributed by atoms with Crippen LogP contribution in [-0.4, -0.2) is 32.3 Å². The number of hydrogen-bond acceptors (Lipinski definition) is 6. The first-order valence-electron chi connectivity index (χ1n) is 8.38. The van der Waals surface area contributed by atoms with Crippen molar-refractivity contribution in [1.29, 1.82) is 0 Å². The lowest BCUT2D eigenvalue weighted by molar-refractivity contribution is -0.118. The summed E-state index contributed by atoms with van der Waals surface area (Å²) >= 11 is 1.42. The normalized spacial score (nSPS) is 10.9. The number of carbonyl (C=O) groups excluding carboxylic acids is 1. The first-order valence-corrected chi connectivity index (χ1v) is 9.19. The van der Waals surface area contributed by atoms with E-state index in [4.69, 9.17) is 4.74 Å². The van der Waals surface area contributed by atoms with Crippen molar-refractivity contribution in [2.45, 2.75) is 13.8 Å². The molecular formula is C19H17N5O2S. The molecule has 0 spiro atoms. The molecule has 136 valence electrons. The zero-order valence-corrected chi connectivity index (χ0v) is 15.7. The van der Waals surface area contributed by atoms with Gasteiger partial charge in [0.1, 0.15) is 10.8 Å². The molecule has 0 unspecified atom stereocenters. The van der Waals surface area contributed by atoms with Gasteiger partial charge in [0, 0.05) is 5.56 Å². The molecular weight excluding hydrogens is 362 g/mol. The lowest BCUT2D eigenvalue weighted by Gasteiger charge is -2.10. The second kappa shape index (κ2) is 7.16. The van der Waals surface area contributed by atoms with E-state index in [0.29, 0.717) is 16.4 Å². The van der Waals surface area contributed by atoms with Crippen LogP contribution in [0.25, 0.3) is 15.5 Å². The molecule has 0 radical (unpaired) electrons. The molecule has 4 rings (SSSR count). The summed E-state index contributed by atoms with van der Waals surface area (Å²) in [5, 5.41) is 16.3. The van der Waals surface area contributed by atoms with Gasteiger partial charge in [-0.05, 0) is 38.1 Å². The Morgan fingerprint density at radius 2 is 1.89 bits per heavy atom. The third kappa shape index (κ3) is 3.65. The molecule has 0 atom stereocenters. The van der Waals surface area contributed by atoms with E-state index in [0.717, 1.165) is 22.0 Å². The molecule has 7 nitrogen and oxygen atoms in total. The fourth-order valence-corrected chi connectivity index (χ4v) is 3.50. The summed E-state index contributed by atoms with van der Waals surface area (Å²) < 4.78 is 7.24. The number of aryl methyl sites for hydroxylation is 2.